The zero-order valence-electron chi connectivity index (χ0n) is 8.70. The van der Waals surface area contributed by atoms with Gasteiger partial charge >= 0.3 is 0 Å². The average Bonchev–Trinajstić information content (AvgIpc) is 2.64. The van der Waals surface area contributed by atoms with Gasteiger partial charge in [-0.2, -0.15) is 0 Å². The monoisotopic (exact) mass is 255 g/mol. The second-order valence-electron chi connectivity index (χ2n) is 3.23. The molecule has 0 aromatic carbocycles. The van der Waals surface area contributed by atoms with E-state index in [0.29, 0.717) is 5.01 Å². The fraction of sp³-hybridized carbons (Fsp3) is 0.100. The zero-order chi connectivity index (χ0) is 12.6. The second kappa shape index (κ2) is 4.17. The molecule has 1 amide bonds. The molecule has 2 heterocycles. The van der Waals surface area contributed by atoms with E-state index in [4.69, 9.17) is 5.73 Å². The Kier molecular flexibility index (Phi) is 2.84. The van der Waals surface area contributed by atoms with Gasteiger partial charge in [-0.15, -0.1) is 11.3 Å². The van der Waals surface area contributed by atoms with Crippen molar-refractivity contribution in [2.45, 2.75) is 6.92 Å². The van der Waals surface area contributed by atoms with Crippen LogP contribution < -0.4 is 5.73 Å². The highest BCUT2D eigenvalue weighted by Crippen LogP contribution is 2.28. The molecule has 0 aliphatic carbocycles. The molecule has 0 fully saturated rings. The average molecular weight is 255 g/mol. The molecule has 0 radical (unpaired) electrons. The van der Waals surface area contributed by atoms with Crippen LogP contribution in [0.1, 0.15) is 14.7 Å². The minimum Gasteiger partial charge on any atom is -0.365 e. The molecule has 4 nitrogen and oxygen atoms in total. The van der Waals surface area contributed by atoms with Crippen molar-refractivity contribution in [3.63, 3.8) is 0 Å². The Morgan fingerprint density at radius 1 is 1.41 bits per heavy atom. The van der Waals surface area contributed by atoms with Crippen LogP contribution in [0.25, 0.3) is 11.4 Å². The van der Waals surface area contributed by atoms with Crippen LogP contribution in [0.5, 0.6) is 0 Å². The molecular weight excluding hydrogens is 248 g/mol. The maximum atomic E-state index is 13.5. The molecule has 88 valence electrons. The van der Waals surface area contributed by atoms with Gasteiger partial charge in [-0.05, 0) is 13.0 Å². The van der Waals surface area contributed by atoms with E-state index in [-0.39, 0.29) is 16.3 Å². The predicted octanol–water partition coefficient (Wildman–Crippen LogP) is 1.89. The van der Waals surface area contributed by atoms with E-state index in [1.807, 2.05) is 0 Å². The number of nitrogens with two attached hydrogens (primary N) is 1. The van der Waals surface area contributed by atoms with Crippen molar-refractivity contribution in [2.75, 3.05) is 0 Å². The van der Waals surface area contributed by atoms with Gasteiger partial charge in [-0.1, -0.05) is 0 Å². The summed E-state index contributed by atoms with van der Waals surface area (Å²) in [5, 5.41) is 0.527. The lowest BCUT2D eigenvalue weighted by atomic mass is 10.2. The third kappa shape index (κ3) is 2.01. The zero-order valence-corrected chi connectivity index (χ0v) is 9.52. The van der Waals surface area contributed by atoms with Crippen LogP contribution in [-0.2, 0) is 0 Å². The van der Waals surface area contributed by atoms with E-state index >= 15 is 0 Å². The standard InChI is InChI=1S/C10H7F2N3OS/c1-4-15-8(9(17-4)10(13)16)7-6(12)5(11)2-3-14-7/h2-3H,1H3,(H2,13,16). The number of halogens is 2. The summed E-state index contributed by atoms with van der Waals surface area (Å²) in [5.41, 5.74) is 4.82. The van der Waals surface area contributed by atoms with Crippen molar-refractivity contribution in [1.82, 2.24) is 9.97 Å². The topological polar surface area (TPSA) is 68.9 Å². The first-order chi connectivity index (χ1) is 8.00. The first kappa shape index (κ1) is 11.6. The molecule has 2 aromatic heterocycles. The van der Waals surface area contributed by atoms with Crippen LogP contribution in [0, 0.1) is 18.6 Å². The van der Waals surface area contributed by atoms with Crippen LogP contribution in [-0.4, -0.2) is 15.9 Å². The fourth-order valence-electron chi connectivity index (χ4n) is 1.34. The number of carbonyl (C=O) groups is 1. The van der Waals surface area contributed by atoms with Crippen molar-refractivity contribution < 1.29 is 13.6 Å². The number of aromatic nitrogens is 2. The van der Waals surface area contributed by atoms with Gasteiger partial charge in [0.15, 0.2) is 11.6 Å². The Morgan fingerprint density at radius 2 is 2.12 bits per heavy atom. The molecule has 0 saturated heterocycles. The normalized spacial score (nSPS) is 10.5. The van der Waals surface area contributed by atoms with E-state index in [2.05, 4.69) is 9.97 Å². The van der Waals surface area contributed by atoms with Crippen molar-refractivity contribution in [1.29, 1.82) is 0 Å². The summed E-state index contributed by atoms with van der Waals surface area (Å²) in [5.74, 6) is -2.92. The largest absolute Gasteiger partial charge is 0.365 e. The SMILES string of the molecule is Cc1nc(-c2nccc(F)c2F)c(C(N)=O)s1. The van der Waals surface area contributed by atoms with Gasteiger partial charge in [-0.25, -0.2) is 13.8 Å². The lowest BCUT2D eigenvalue weighted by Crippen LogP contribution is -2.11. The van der Waals surface area contributed by atoms with Gasteiger partial charge in [0.05, 0.1) is 5.01 Å². The quantitative estimate of drug-likeness (QED) is 0.890. The highest BCUT2D eigenvalue weighted by molar-refractivity contribution is 7.14. The van der Waals surface area contributed by atoms with E-state index in [9.17, 15) is 13.6 Å². The van der Waals surface area contributed by atoms with Crippen LogP contribution in [0.15, 0.2) is 12.3 Å². The van der Waals surface area contributed by atoms with Crippen LogP contribution in [0.3, 0.4) is 0 Å². The molecule has 0 bridgehead atoms. The summed E-state index contributed by atoms with van der Waals surface area (Å²) >= 11 is 1.02. The summed E-state index contributed by atoms with van der Waals surface area (Å²) in [4.78, 5) is 18.9. The van der Waals surface area contributed by atoms with Gasteiger partial charge in [-0.3, -0.25) is 9.78 Å². The van der Waals surface area contributed by atoms with Crippen molar-refractivity contribution in [2.24, 2.45) is 5.73 Å². The van der Waals surface area contributed by atoms with Gasteiger partial charge < -0.3 is 5.73 Å². The molecule has 0 unspecified atom stereocenters. The van der Waals surface area contributed by atoms with E-state index in [1.165, 1.54) is 0 Å². The Labute approximate surface area is 99.1 Å². The lowest BCUT2D eigenvalue weighted by molar-refractivity contribution is 0.100. The molecule has 0 aliphatic rings. The van der Waals surface area contributed by atoms with Gasteiger partial charge in [0, 0.05) is 6.20 Å². The number of amides is 1. The highest BCUT2D eigenvalue weighted by Gasteiger charge is 2.21. The lowest BCUT2D eigenvalue weighted by Gasteiger charge is -2.00. The predicted molar refractivity (Wildman–Crippen MR) is 58.5 cm³/mol. The first-order valence-corrected chi connectivity index (χ1v) is 5.40. The molecule has 7 heteroatoms. The summed E-state index contributed by atoms with van der Waals surface area (Å²) in [6, 6.07) is 0.891. The molecule has 17 heavy (non-hydrogen) atoms. The third-order valence-electron chi connectivity index (χ3n) is 2.02. The molecular formula is C10H7F2N3OS. The molecule has 2 aromatic rings. The van der Waals surface area contributed by atoms with Gasteiger partial charge in [0.1, 0.15) is 16.3 Å². The number of rotatable bonds is 2. The first-order valence-electron chi connectivity index (χ1n) is 4.58. The molecule has 0 spiro atoms. The summed E-state index contributed by atoms with van der Waals surface area (Å²) in [6.45, 7) is 1.64. The van der Waals surface area contributed by atoms with E-state index < -0.39 is 17.5 Å². The molecule has 2 rings (SSSR count). The van der Waals surface area contributed by atoms with Crippen molar-refractivity contribution in [3.05, 3.63) is 33.8 Å². The number of hydrogen-bond donors (Lipinski definition) is 1. The maximum Gasteiger partial charge on any atom is 0.261 e. The van der Waals surface area contributed by atoms with Crippen molar-refractivity contribution >= 4 is 17.2 Å². The van der Waals surface area contributed by atoms with Gasteiger partial charge in [0.2, 0.25) is 0 Å². The number of hydrogen-bond acceptors (Lipinski definition) is 4. The Balaban J connectivity index is 2.68. The van der Waals surface area contributed by atoms with E-state index in [1.54, 1.807) is 6.92 Å². The third-order valence-corrected chi connectivity index (χ3v) is 3.01. The Bertz CT molecular complexity index is 597. The number of primary amides is 1. The van der Waals surface area contributed by atoms with Crippen molar-refractivity contribution in [3.8, 4) is 11.4 Å². The number of nitrogens with zero attached hydrogens (tertiary/aromatic N) is 2. The number of aryl methyl sites for hydroxylation is 1. The summed E-state index contributed by atoms with van der Waals surface area (Å²) in [6.07, 6.45) is 1.10. The Morgan fingerprint density at radius 3 is 2.76 bits per heavy atom. The molecule has 2 N–H and O–H groups in total. The van der Waals surface area contributed by atoms with Crippen LogP contribution in [0.4, 0.5) is 8.78 Å². The van der Waals surface area contributed by atoms with Crippen LogP contribution in [0.2, 0.25) is 0 Å². The fourth-order valence-corrected chi connectivity index (χ4v) is 2.11. The summed E-state index contributed by atoms with van der Waals surface area (Å²) in [7, 11) is 0. The minimum absolute atomic E-state index is 0.0167. The van der Waals surface area contributed by atoms with E-state index in [0.717, 1.165) is 23.6 Å². The second-order valence-corrected chi connectivity index (χ2v) is 4.43. The molecule has 0 atom stereocenters. The number of thiazole rings is 1. The molecule has 0 saturated carbocycles. The summed E-state index contributed by atoms with van der Waals surface area (Å²) < 4.78 is 26.6. The smallest absolute Gasteiger partial charge is 0.261 e. The maximum absolute atomic E-state index is 13.5. The Hall–Kier alpha value is -1.89. The highest BCUT2D eigenvalue weighted by atomic mass is 32.1. The number of carbonyl (C=O) groups excluding carboxylic acids is 1. The van der Waals surface area contributed by atoms with Gasteiger partial charge in [0.25, 0.3) is 5.91 Å². The number of pyridine rings is 1. The molecule has 0 aliphatic heterocycles. The minimum atomic E-state index is -1.14. The van der Waals surface area contributed by atoms with Crippen LogP contribution >= 0.6 is 11.3 Å².